The molecule has 0 atom stereocenters. The number of nitrogens with one attached hydrogen (secondary N) is 1. The highest BCUT2D eigenvalue weighted by Crippen LogP contribution is 2.21. The average Bonchev–Trinajstić information content (AvgIpc) is 3.05. The highest BCUT2D eigenvalue weighted by molar-refractivity contribution is 5.92. The zero-order chi connectivity index (χ0) is 23.3. The molecule has 0 saturated carbocycles. The molecule has 0 spiro atoms. The highest BCUT2D eigenvalue weighted by atomic mass is 16.5. The lowest BCUT2D eigenvalue weighted by atomic mass is 10.2. The predicted octanol–water partition coefficient (Wildman–Crippen LogP) is 4.66. The summed E-state index contributed by atoms with van der Waals surface area (Å²) in [7, 11) is 1.68. The minimum Gasteiger partial charge on any atom is -0.423 e. The first-order valence-corrected chi connectivity index (χ1v) is 10.4. The lowest BCUT2D eigenvalue weighted by Crippen LogP contribution is -2.40. The van der Waals surface area contributed by atoms with Crippen molar-refractivity contribution in [3.63, 3.8) is 0 Å². The first-order valence-electron chi connectivity index (χ1n) is 10.4. The number of esters is 1. The van der Waals surface area contributed by atoms with Crippen LogP contribution in [0.25, 0.3) is 11.8 Å². The molecule has 1 N–H and O–H groups in total. The fourth-order valence-corrected chi connectivity index (χ4v) is 3.22. The van der Waals surface area contributed by atoms with Gasteiger partial charge in [0.15, 0.2) is 0 Å². The number of hydrogen-bond donors (Lipinski definition) is 1. The van der Waals surface area contributed by atoms with Crippen LogP contribution >= 0.6 is 0 Å². The van der Waals surface area contributed by atoms with Gasteiger partial charge in [-0.05, 0) is 70.2 Å². The van der Waals surface area contributed by atoms with E-state index in [0.717, 1.165) is 22.6 Å². The number of aryl methyl sites for hydroxylation is 1. The van der Waals surface area contributed by atoms with E-state index < -0.39 is 5.97 Å². The van der Waals surface area contributed by atoms with Crippen LogP contribution in [-0.2, 0) is 4.79 Å². The first kappa shape index (κ1) is 22.8. The Labute approximate surface area is 188 Å². The first-order chi connectivity index (χ1) is 15.3. The van der Waals surface area contributed by atoms with Gasteiger partial charge in [-0.1, -0.05) is 18.2 Å². The molecule has 0 radical (unpaired) electrons. The molecule has 2 aromatic carbocycles. The summed E-state index contributed by atoms with van der Waals surface area (Å²) < 4.78 is 7.25. The Balaban J connectivity index is 1.66. The number of urea groups is 1. The lowest BCUT2D eigenvalue weighted by Gasteiger charge is -2.19. The maximum atomic E-state index is 12.3. The molecule has 32 heavy (non-hydrogen) atoms. The maximum Gasteiger partial charge on any atom is 0.336 e. The number of carbonyl (C=O) groups is 2. The van der Waals surface area contributed by atoms with Crippen molar-refractivity contribution in [2.45, 2.75) is 33.7 Å². The molecule has 0 aliphatic rings. The quantitative estimate of drug-likeness (QED) is 0.349. The molecule has 1 aromatic heterocycles. The molecule has 3 aromatic rings. The summed E-state index contributed by atoms with van der Waals surface area (Å²) in [4.78, 5) is 25.9. The van der Waals surface area contributed by atoms with Gasteiger partial charge < -0.3 is 10.1 Å². The smallest absolute Gasteiger partial charge is 0.336 e. The van der Waals surface area contributed by atoms with Crippen LogP contribution in [0.4, 0.5) is 10.5 Å². The van der Waals surface area contributed by atoms with Gasteiger partial charge in [-0.3, -0.25) is 4.90 Å². The van der Waals surface area contributed by atoms with Crippen LogP contribution in [0, 0.1) is 13.8 Å². The third-order valence-electron chi connectivity index (χ3n) is 4.89. The third-order valence-corrected chi connectivity index (χ3v) is 4.89. The minimum absolute atomic E-state index is 0.0454. The zero-order valence-electron chi connectivity index (χ0n) is 19.0. The number of amides is 2. The van der Waals surface area contributed by atoms with Crippen LogP contribution in [-0.4, -0.2) is 34.9 Å². The second-order valence-corrected chi connectivity index (χ2v) is 7.74. The van der Waals surface area contributed by atoms with E-state index in [9.17, 15) is 9.59 Å². The van der Waals surface area contributed by atoms with Gasteiger partial charge in [0.25, 0.3) is 0 Å². The summed E-state index contributed by atoms with van der Waals surface area (Å²) in [5.74, 6) is -0.0931. The topological polar surface area (TPSA) is 76.5 Å². The molecule has 0 fully saturated rings. The Hall–Kier alpha value is -3.87. The number of para-hydroxylation sites is 1. The van der Waals surface area contributed by atoms with E-state index >= 15 is 0 Å². The molecular weight excluding hydrogens is 404 g/mol. The van der Waals surface area contributed by atoms with Crippen molar-refractivity contribution in [1.29, 1.82) is 0 Å². The second-order valence-electron chi connectivity index (χ2n) is 7.74. The third kappa shape index (κ3) is 5.43. The molecule has 0 aliphatic heterocycles. The summed E-state index contributed by atoms with van der Waals surface area (Å²) in [6, 6.07) is 16.4. The Morgan fingerprint density at radius 3 is 2.34 bits per heavy atom. The monoisotopic (exact) mass is 432 g/mol. The van der Waals surface area contributed by atoms with Gasteiger partial charge in [0.05, 0.1) is 11.4 Å². The van der Waals surface area contributed by atoms with Crippen LogP contribution < -0.4 is 15.0 Å². The molecule has 7 heteroatoms. The van der Waals surface area contributed by atoms with Crippen molar-refractivity contribution in [2.24, 2.45) is 0 Å². The largest absolute Gasteiger partial charge is 0.423 e. The Bertz CT molecular complexity index is 1120. The van der Waals surface area contributed by atoms with Crippen molar-refractivity contribution in [3.8, 4) is 11.4 Å². The van der Waals surface area contributed by atoms with Crippen molar-refractivity contribution < 1.29 is 14.3 Å². The van der Waals surface area contributed by atoms with Gasteiger partial charge in [0.2, 0.25) is 0 Å². The number of aromatic nitrogens is 2. The summed E-state index contributed by atoms with van der Waals surface area (Å²) in [6.45, 7) is 7.67. The number of benzene rings is 2. The number of ether oxygens (including phenoxy) is 1. The number of anilines is 1. The predicted molar refractivity (Wildman–Crippen MR) is 126 cm³/mol. The zero-order valence-corrected chi connectivity index (χ0v) is 19.0. The van der Waals surface area contributed by atoms with E-state index in [0.29, 0.717) is 11.4 Å². The van der Waals surface area contributed by atoms with Crippen LogP contribution in [0.15, 0.2) is 60.7 Å². The summed E-state index contributed by atoms with van der Waals surface area (Å²) in [5, 5.41) is 7.40. The summed E-state index contributed by atoms with van der Waals surface area (Å²) >= 11 is 0. The van der Waals surface area contributed by atoms with Gasteiger partial charge >= 0.3 is 12.0 Å². The number of rotatable bonds is 6. The molecule has 2 amide bonds. The fraction of sp³-hybridized carbons (Fsp3) is 0.240. The molecule has 0 unspecified atom stereocenters. The number of hydrogen-bond acceptors (Lipinski definition) is 4. The Morgan fingerprint density at radius 2 is 1.72 bits per heavy atom. The maximum absolute atomic E-state index is 12.3. The standard InChI is InChI=1S/C25H28N4O3/c1-17(2)26-25(31)28(5)20-11-13-22(14-12-20)32-24(30)16-15-23-18(3)27-29(19(23)4)21-9-7-6-8-10-21/h6-17H,1-5H3,(H,26,31). The summed E-state index contributed by atoms with van der Waals surface area (Å²) in [6.07, 6.45) is 3.11. The van der Waals surface area contributed by atoms with Crippen molar-refractivity contribution in [3.05, 3.63) is 77.6 Å². The van der Waals surface area contributed by atoms with Gasteiger partial charge in [0, 0.05) is 36.1 Å². The molecule has 1 heterocycles. The van der Waals surface area contributed by atoms with Gasteiger partial charge in [0.1, 0.15) is 5.75 Å². The molecule has 3 rings (SSSR count). The molecule has 0 bridgehead atoms. The molecule has 166 valence electrons. The van der Waals surface area contributed by atoms with Gasteiger partial charge in [-0.25, -0.2) is 14.3 Å². The van der Waals surface area contributed by atoms with Crippen LogP contribution in [0.5, 0.6) is 5.75 Å². The van der Waals surface area contributed by atoms with Crippen molar-refractivity contribution >= 4 is 23.8 Å². The van der Waals surface area contributed by atoms with E-state index in [-0.39, 0.29) is 12.1 Å². The SMILES string of the molecule is Cc1nn(-c2ccccc2)c(C)c1C=CC(=O)Oc1ccc(N(C)C(=O)NC(C)C)cc1. The van der Waals surface area contributed by atoms with E-state index in [1.165, 1.54) is 11.0 Å². The second kappa shape index (κ2) is 9.96. The van der Waals surface area contributed by atoms with E-state index in [4.69, 9.17) is 4.74 Å². The molecule has 7 nitrogen and oxygen atoms in total. The Morgan fingerprint density at radius 1 is 1.06 bits per heavy atom. The summed E-state index contributed by atoms with van der Waals surface area (Å²) in [5.41, 5.74) is 4.28. The van der Waals surface area contributed by atoms with E-state index in [2.05, 4.69) is 10.4 Å². The lowest BCUT2D eigenvalue weighted by molar-refractivity contribution is -0.128. The Kier molecular flexibility index (Phi) is 7.10. The van der Waals surface area contributed by atoms with Crippen molar-refractivity contribution in [1.82, 2.24) is 15.1 Å². The molecular formula is C25H28N4O3. The number of carbonyl (C=O) groups excluding carboxylic acids is 2. The number of nitrogens with zero attached hydrogens (tertiary/aromatic N) is 3. The van der Waals surface area contributed by atoms with E-state index in [1.54, 1.807) is 37.4 Å². The highest BCUT2D eigenvalue weighted by Gasteiger charge is 2.13. The van der Waals surface area contributed by atoms with Gasteiger partial charge in [-0.15, -0.1) is 0 Å². The van der Waals surface area contributed by atoms with Crippen LogP contribution in [0.3, 0.4) is 0 Å². The van der Waals surface area contributed by atoms with Crippen LogP contribution in [0.1, 0.15) is 30.8 Å². The van der Waals surface area contributed by atoms with E-state index in [1.807, 2.05) is 62.7 Å². The minimum atomic E-state index is -0.491. The fourth-order valence-electron chi connectivity index (χ4n) is 3.22. The average molecular weight is 433 g/mol. The van der Waals surface area contributed by atoms with Crippen molar-refractivity contribution in [2.75, 3.05) is 11.9 Å². The normalized spacial score (nSPS) is 11.1. The molecule has 0 aliphatic carbocycles. The molecule has 0 saturated heterocycles. The van der Waals surface area contributed by atoms with Gasteiger partial charge in [-0.2, -0.15) is 5.10 Å². The van der Waals surface area contributed by atoms with Crippen LogP contribution in [0.2, 0.25) is 0 Å².